The number of carbonyl (C=O) groups is 1. The first-order valence-corrected chi connectivity index (χ1v) is 10.6. The van der Waals surface area contributed by atoms with E-state index in [1.807, 2.05) is 43.3 Å². The number of nitrogens with two attached hydrogens (primary N) is 1. The second-order valence-corrected chi connectivity index (χ2v) is 7.48. The molecule has 0 spiro atoms. The molecule has 0 saturated heterocycles. The van der Waals surface area contributed by atoms with Gasteiger partial charge in [-0.25, -0.2) is 4.79 Å². The molecule has 3 aromatic rings. The minimum absolute atomic E-state index is 0.0385. The maximum atomic E-state index is 13.5. The van der Waals surface area contributed by atoms with Crippen LogP contribution in [0.1, 0.15) is 32.3 Å². The van der Waals surface area contributed by atoms with Gasteiger partial charge in [0.25, 0.3) is 11.5 Å². The summed E-state index contributed by atoms with van der Waals surface area (Å²) >= 11 is 0. The third kappa shape index (κ3) is 5.26. The molecule has 0 aliphatic heterocycles. The Kier molecular flexibility index (Phi) is 7.49. The fraction of sp³-hybridized carbons (Fsp3) is 0.292. The summed E-state index contributed by atoms with van der Waals surface area (Å²) < 4.78 is 7.10. The smallest absolute Gasteiger partial charge is 0.330 e. The van der Waals surface area contributed by atoms with Crippen LogP contribution in [-0.2, 0) is 17.9 Å². The Hall–Kier alpha value is -3.81. The third-order valence-electron chi connectivity index (χ3n) is 5.07. The number of unbranched alkanes of at least 4 members (excludes halogenated alkanes) is 1. The summed E-state index contributed by atoms with van der Waals surface area (Å²) in [4.78, 5) is 42.2. The quantitative estimate of drug-likeness (QED) is 0.536. The van der Waals surface area contributed by atoms with Crippen molar-refractivity contribution in [3.63, 3.8) is 0 Å². The van der Waals surface area contributed by atoms with Crippen LogP contribution in [0.25, 0.3) is 0 Å². The Morgan fingerprint density at radius 2 is 1.72 bits per heavy atom. The van der Waals surface area contributed by atoms with Crippen LogP contribution in [0.15, 0.2) is 70.3 Å². The lowest BCUT2D eigenvalue weighted by Gasteiger charge is -2.27. The van der Waals surface area contributed by atoms with Crippen molar-refractivity contribution in [3.8, 4) is 5.75 Å². The molecule has 0 fully saturated rings. The number of para-hydroxylation sites is 1. The van der Waals surface area contributed by atoms with Gasteiger partial charge in [0.15, 0.2) is 11.8 Å². The van der Waals surface area contributed by atoms with Gasteiger partial charge in [-0.15, -0.1) is 0 Å². The molecule has 1 atom stereocenters. The largest absolute Gasteiger partial charge is 0.481 e. The molecule has 0 aliphatic carbocycles. The van der Waals surface area contributed by atoms with E-state index in [4.69, 9.17) is 10.5 Å². The average molecular weight is 437 g/mol. The molecule has 2 aromatic carbocycles. The van der Waals surface area contributed by atoms with Crippen LogP contribution in [0.4, 0.5) is 11.5 Å². The lowest BCUT2D eigenvalue weighted by Crippen LogP contribution is -2.45. The van der Waals surface area contributed by atoms with Crippen molar-refractivity contribution in [1.29, 1.82) is 0 Å². The van der Waals surface area contributed by atoms with Gasteiger partial charge in [0.1, 0.15) is 11.6 Å². The topological polar surface area (TPSA) is 110 Å². The van der Waals surface area contributed by atoms with E-state index in [1.54, 1.807) is 31.2 Å². The number of amides is 1. The first-order chi connectivity index (χ1) is 15.4. The number of benzene rings is 2. The molecular weight excluding hydrogens is 408 g/mol. The molecular formula is C24H28N4O4. The molecule has 3 rings (SSSR count). The number of nitrogen functional groups attached to an aromatic ring is 1. The first kappa shape index (κ1) is 22.9. The van der Waals surface area contributed by atoms with E-state index >= 15 is 0 Å². The van der Waals surface area contributed by atoms with E-state index in [2.05, 4.69) is 4.98 Å². The van der Waals surface area contributed by atoms with Crippen molar-refractivity contribution in [1.82, 2.24) is 9.55 Å². The predicted octanol–water partition coefficient (Wildman–Crippen LogP) is 2.92. The Labute approximate surface area is 186 Å². The number of rotatable bonds is 9. The number of H-pyrrole nitrogens is 1. The minimum Gasteiger partial charge on any atom is -0.481 e. The van der Waals surface area contributed by atoms with E-state index in [0.29, 0.717) is 18.7 Å². The van der Waals surface area contributed by atoms with Gasteiger partial charge in [-0.1, -0.05) is 61.9 Å². The molecule has 3 N–H and O–H groups in total. The van der Waals surface area contributed by atoms with Crippen molar-refractivity contribution in [2.75, 3.05) is 10.6 Å². The molecule has 1 heterocycles. The summed E-state index contributed by atoms with van der Waals surface area (Å²) in [6, 6.07) is 18.2. The number of hydrogen-bond donors (Lipinski definition) is 2. The maximum Gasteiger partial charge on any atom is 0.330 e. The molecule has 0 bridgehead atoms. The van der Waals surface area contributed by atoms with Crippen LogP contribution in [-0.4, -0.2) is 21.6 Å². The van der Waals surface area contributed by atoms with Crippen molar-refractivity contribution in [2.45, 2.75) is 45.9 Å². The molecule has 8 nitrogen and oxygen atoms in total. The zero-order chi connectivity index (χ0) is 23.1. The van der Waals surface area contributed by atoms with Crippen molar-refractivity contribution < 1.29 is 9.53 Å². The van der Waals surface area contributed by atoms with Gasteiger partial charge >= 0.3 is 5.69 Å². The number of carbonyl (C=O) groups excluding carboxylic acids is 1. The van der Waals surface area contributed by atoms with Gasteiger partial charge in [-0.05, 0) is 31.0 Å². The molecule has 168 valence electrons. The van der Waals surface area contributed by atoms with Crippen molar-refractivity contribution in [2.24, 2.45) is 0 Å². The lowest BCUT2D eigenvalue weighted by molar-refractivity contribution is -0.124. The Morgan fingerprint density at radius 1 is 1.09 bits per heavy atom. The normalized spacial score (nSPS) is 11.7. The maximum absolute atomic E-state index is 13.5. The molecule has 0 saturated carbocycles. The van der Waals surface area contributed by atoms with Crippen molar-refractivity contribution >= 4 is 17.4 Å². The van der Waals surface area contributed by atoms with Crippen LogP contribution in [0.2, 0.25) is 0 Å². The number of nitrogens with one attached hydrogen (secondary N) is 1. The van der Waals surface area contributed by atoms with E-state index in [9.17, 15) is 14.4 Å². The van der Waals surface area contributed by atoms with Gasteiger partial charge in [0.05, 0.1) is 6.54 Å². The van der Waals surface area contributed by atoms with E-state index in [1.165, 1.54) is 9.47 Å². The Morgan fingerprint density at radius 3 is 2.34 bits per heavy atom. The summed E-state index contributed by atoms with van der Waals surface area (Å²) in [6.45, 7) is 4.04. The molecule has 1 amide bonds. The fourth-order valence-electron chi connectivity index (χ4n) is 3.38. The zero-order valence-corrected chi connectivity index (χ0v) is 18.3. The molecule has 1 aromatic heterocycles. The van der Waals surface area contributed by atoms with Crippen LogP contribution < -0.4 is 26.6 Å². The number of ether oxygens (including phenoxy) is 1. The van der Waals surface area contributed by atoms with E-state index in [0.717, 1.165) is 12.0 Å². The minimum atomic E-state index is -0.893. The second-order valence-electron chi connectivity index (χ2n) is 7.48. The summed E-state index contributed by atoms with van der Waals surface area (Å²) in [5, 5.41) is 0. The SMILES string of the molecule is CCCCn1c(N)c(N(Cc2ccccc2)C(=O)C(C)Oc2ccccc2)c(=O)[nH]c1=O. The third-order valence-corrected chi connectivity index (χ3v) is 5.07. The second kappa shape index (κ2) is 10.5. The summed E-state index contributed by atoms with van der Waals surface area (Å²) in [5.41, 5.74) is 5.72. The van der Waals surface area contributed by atoms with Gasteiger partial charge in [0, 0.05) is 6.54 Å². The van der Waals surface area contributed by atoms with Crippen LogP contribution >= 0.6 is 0 Å². The predicted molar refractivity (Wildman–Crippen MR) is 125 cm³/mol. The first-order valence-electron chi connectivity index (χ1n) is 10.6. The van der Waals surface area contributed by atoms with Crippen molar-refractivity contribution in [3.05, 3.63) is 87.1 Å². The van der Waals surface area contributed by atoms with Gasteiger partial charge in [0.2, 0.25) is 0 Å². The summed E-state index contributed by atoms with van der Waals surface area (Å²) in [7, 11) is 0. The fourth-order valence-corrected chi connectivity index (χ4v) is 3.38. The van der Waals surface area contributed by atoms with Crippen LogP contribution in [0, 0.1) is 0 Å². The summed E-state index contributed by atoms with van der Waals surface area (Å²) in [6.07, 6.45) is 0.654. The lowest BCUT2D eigenvalue weighted by atomic mass is 10.2. The Bertz CT molecular complexity index is 1160. The number of hydrogen-bond acceptors (Lipinski definition) is 5. The molecule has 8 heteroatoms. The highest BCUT2D eigenvalue weighted by Crippen LogP contribution is 2.22. The van der Waals surface area contributed by atoms with E-state index in [-0.39, 0.29) is 18.1 Å². The number of aromatic nitrogens is 2. The van der Waals surface area contributed by atoms with E-state index < -0.39 is 23.3 Å². The standard InChI is InChI=1S/C24H28N4O4/c1-3-4-15-27-21(25)20(22(29)26-24(27)31)28(16-18-11-7-5-8-12-18)23(30)17(2)32-19-13-9-6-10-14-19/h5-14,17H,3-4,15-16,25H2,1-2H3,(H,26,29,31). The van der Waals surface area contributed by atoms with Gasteiger partial charge in [-0.3, -0.25) is 24.0 Å². The van der Waals surface area contributed by atoms with Gasteiger partial charge < -0.3 is 10.5 Å². The molecule has 32 heavy (non-hydrogen) atoms. The highest BCUT2D eigenvalue weighted by molar-refractivity contribution is 5.98. The highest BCUT2D eigenvalue weighted by Gasteiger charge is 2.29. The monoisotopic (exact) mass is 436 g/mol. The van der Waals surface area contributed by atoms with Crippen LogP contribution in [0.3, 0.4) is 0 Å². The Balaban J connectivity index is 2.04. The highest BCUT2D eigenvalue weighted by atomic mass is 16.5. The van der Waals surface area contributed by atoms with Gasteiger partial charge in [-0.2, -0.15) is 0 Å². The zero-order valence-electron chi connectivity index (χ0n) is 18.3. The molecule has 0 radical (unpaired) electrons. The number of anilines is 2. The number of nitrogens with zero attached hydrogens (tertiary/aromatic N) is 2. The summed E-state index contributed by atoms with van der Waals surface area (Å²) in [5.74, 6) is 0.0433. The molecule has 1 unspecified atom stereocenters. The van der Waals surface area contributed by atoms with Crippen LogP contribution in [0.5, 0.6) is 5.75 Å². The number of aromatic amines is 1. The average Bonchev–Trinajstić information content (AvgIpc) is 2.79. The molecule has 0 aliphatic rings.